The molecule has 1 amide bonds. The minimum atomic E-state index is -3.51. The molecule has 1 fully saturated rings. The first-order valence-electron chi connectivity index (χ1n) is 8.87. The van der Waals surface area contributed by atoms with Gasteiger partial charge in [-0.2, -0.15) is 0 Å². The summed E-state index contributed by atoms with van der Waals surface area (Å²) in [7, 11) is -3.51. The Morgan fingerprint density at radius 2 is 1.69 bits per heavy atom. The first-order chi connectivity index (χ1) is 12.4. The van der Waals surface area contributed by atoms with Crippen LogP contribution in [-0.2, 0) is 15.6 Å². The number of rotatable bonds is 5. The van der Waals surface area contributed by atoms with E-state index < -0.39 is 9.84 Å². The van der Waals surface area contributed by atoms with Crippen molar-refractivity contribution in [2.45, 2.75) is 48.4 Å². The van der Waals surface area contributed by atoms with Crippen molar-refractivity contribution in [1.29, 1.82) is 0 Å². The topological polar surface area (TPSA) is 89.3 Å². The van der Waals surface area contributed by atoms with Crippen LogP contribution in [-0.4, -0.2) is 26.4 Å². The number of benzene rings is 2. The van der Waals surface area contributed by atoms with Crippen LogP contribution in [0.5, 0.6) is 0 Å². The van der Waals surface area contributed by atoms with Gasteiger partial charge < -0.3 is 11.1 Å². The number of sulfone groups is 1. The zero-order chi connectivity index (χ0) is 18.6. The van der Waals surface area contributed by atoms with Gasteiger partial charge in [0.05, 0.1) is 10.6 Å². The quantitative estimate of drug-likeness (QED) is 0.844. The molecule has 2 aromatic rings. The van der Waals surface area contributed by atoms with Crippen molar-refractivity contribution in [2.75, 3.05) is 0 Å². The Morgan fingerprint density at radius 3 is 2.38 bits per heavy atom. The van der Waals surface area contributed by atoms with Gasteiger partial charge >= 0.3 is 0 Å². The van der Waals surface area contributed by atoms with Crippen LogP contribution >= 0.6 is 0 Å². The molecule has 0 radical (unpaired) electrons. The van der Waals surface area contributed by atoms with Crippen LogP contribution in [0.2, 0.25) is 0 Å². The fourth-order valence-electron chi connectivity index (χ4n) is 3.24. The van der Waals surface area contributed by atoms with Gasteiger partial charge in [-0.15, -0.1) is 0 Å². The molecule has 1 saturated carbocycles. The predicted octanol–water partition coefficient (Wildman–Crippen LogP) is 2.66. The van der Waals surface area contributed by atoms with Gasteiger partial charge in [0.1, 0.15) is 0 Å². The van der Waals surface area contributed by atoms with Crippen LogP contribution in [0, 0.1) is 0 Å². The number of carbonyl (C=O) groups is 1. The summed E-state index contributed by atoms with van der Waals surface area (Å²) in [5, 5.41) is 2.99. The summed E-state index contributed by atoms with van der Waals surface area (Å²) in [5.74, 6) is -0.318. The normalized spacial score (nSPS) is 20.5. The molecular weight excluding hydrogens is 348 g/mol. The summed E-state index contributed by atoms with van der Waals surface area (Å²) in [6.45, 7) is 0. The van der Waals surface area contributed by atoms with Crippen molar-refractivity contribution in [1.82, 2.24) is 5.32 Å². The number of hydrogen-bond donors (Lipinski definition) is 2. The molecule has 0 atom stereocenters. The summed E-state index contributed by atoms with van der Waals surface area (Å²) in [6, 6.07) is 15.6. The van der Waals surface area contributed by atoms with E-state index in [2.05, 4.69) is 5.32 Å². The average molecular weight is 372 g/mol. The number of carbonyl (C=O) groups excluding carboxylic acids is 1. The molecule has 26 heavy (non-hydrogen) atoms. The number of hydrogen-bond acceptors (Lipinski definition) is 4. The van der Waals surface area contributed by atoms with Gasteiger partial charge in [0.15, 0.2) is 9.84 Å². The molecule has 1 aliphatic carbocycles. The minimum absolute atomic E-state index is 0.0839. The molecule has 3 rings (SSSR count). The largest absolute Gasteiger partial charge is 0.349 e. The van der Waals surface area contributed by atoms with Crippen LogP contribution in [0.15, 0.2) is 59.5 Å². The molecule has 6 heteroatoms. The Hall–Kier alpha value is -2.18. The first kappa shape index (κ1) is 18.6. The number of nitrogens with two attached hydrogens (primary N) is 1. The van der Waals surface area contributed by atoms with Gasteiger partial charge in [-0.3, -0.25) is 4.79 Å². The van der Waals surface area contributed by atoms with Crippen molar-refractivity contribution < 1.29 is 13.2 Å². The zero-order valence-electron chi connectivity index (χ0n) is 14.6. The maximum absolute atomic E-state index is 12.7. The van der Waals surface area contributed by atoms with Crippen LogP contribution in [0.3, 0.4) is 0 Å². The molecule has 0 bridgehead atoms. The average Bonchev–Trinajstić information content (AvgIpc) is 2.64. The summed E-state index contributed by atoms with van der Waals surface area (Å²) < 4.78 is 25.3. The standard InChI is InChI=1S/C20H24N2O3S/c21-17-9-11-18(12-10-17)22-20(23)16-7-4-8-19(13-16)26(24,25)14-15-5-2-1-3-6-15/h1-8,13,17-18H,9-12,14,21H2,(H,22,23). The lowest BCUT2D eigenvalue weighted by molar-refractivity contribution is 0.0925. The molecule has 5 nitrogen and oxygen atoms in total. The van der Waals surface area contributed by atoms with E-state index >= 15 is 0 Å². The lowest BCUT2D eigenvalue weighted by Gasteiger charge is -2.26. The van der Waals surface area contributed by atoms with Crippen LogP contribution in [0.1, 0.15) is 41.6 Å². The summed E-state index contributed by atoms with van der Waals surface area (Å²) >= 11 is 0. The smallest absolute Gasteiger partial charge is 0.251 e. The molecule has 0 aromatic heterocycles. The molecule has 3 N–H and O–H groups in total. The molecule has 138 valence electrons. The SMILES string of the molecule is NC1CCC(NC(=O)c2cccc(S(=O)(=O)Cc3ccccc3)c2)CC1. The highest BCUT2D eigenvalue weighted by Gasteiger charge is 2.22. The van der Waals surface area contributed by atoms with E-state index in [1.807, 2.05) is 18.2 Å². The minimum Gasteiger partial charge on any atom is -0.349 e. The lowest BCUT2D eigenvalue weighted by atomic mass is 9.91. The second-order valence-corrected chi connectivity index (χ2v) is 8.85. The third-order valence-electron chi connectivity index (χ3n) is 4.76. The number of nitrogens with one attached hydrogen (secondary N) is 1. The van der Waals surface area contributed by atoms with Crippen LogP contribution in [0.25, 0.3) is 0 Å². The Labute approximate surface area is 154 Å². The van der Waals surface area contributed by atoms with E-state index in [4.69, 9.17) is 5.73 Å². The third kappa shape index (κ3) is 4.71. The molecule has 0 aliphatic heterocycles. The van der Waals surface area contributed by atoms with Gasteiger partial charge in [0, 0.05) is 17.6 Å². The van der Waals surface area contributed by atoms with E-state index in [1.54, 1.807) is 24.3 Å². The van der Waals surface area contributed by atoms with Crippen molar-refractivity contribution in [3.63, 3.8) is 0 Å². The Bertz CT molecular complexity index is 858. The molecule has 0 saturated heterocycles. The summed E-state index contributed by atoms with van der Waals surface area (Å²) in [4.78, 5) is 12.7. The predicted molar refractivity (Wildman–Crippen MR) is 101 cm³/mol. The fraction of sp³-hybridized carbons (Fsp3) is 0.350. The van der Waals surface area contributed by atoms with E-state index in [0.717, 1.165) is 31.2 Å². The fourth-order valence-corrected chi connectivity index (χ4v) is 4.63. The Morgan fingerprint density at radius 1 is 1.00 bits per heavy atom. The molecule has 0 heterocycles. The molecular formula is C20H24N2O3S. The van der Waals surface area contributed by atoms with Gasteiger partial charge in [0.25, 0.3) is 5.91 Å². The third-order valence-corrected chi connectivity index (χ3v) is 6.45. The highest BCUT2D eigenvalue weighted by Crippen LogP contribution is 2.20. The highest BCUT2D eigenvalue weighted by atomic mass is 32.2. The van der Waals surface area contributed by atoms with Gasteiger partial charge in [-0.05, 0) is 49.4 Å². The Balaban J connectivity index is 1.72. The van der Waals surface area contributed by atoms with Gasteiger partial charge in [0.2, 0.25) is 0 Å². The molecule has 0 spiro atoms. The van der Waals surface area contributed by atoms with Gasteiger partial charge in [-0.1, -0.05) is 36.4 Å². The van der Waals surface area contributed by atoms with E-state index in [-0.39, 0.29) is 28.6 Å². The van der Waals surface area contributed by atoms with Crippen molar-refractivity contribution >= 4 is 15.7 Å². The highest BCUT2D eigenvalue weighted by molar-refractivity contribution is 7.90. The lowest BCUT2D eigenvalue weighted by Crippen LogP contribution is -2.40. The van der Waals surface area contributed by atoms with Crippen LogP contribution in [0.4, 0.5) is 0 Å². The molecule has 2 aromatic carbocycles. The van der Waals surface area contributed by atoms with Crippen LogP contribution < -0.4 is 11.1 Å². The second kappa shape index (κ2) is 8.01. The Kier molecular flexibility index (Phi) is 5.74. The first-order valence-corrected chi connectivity index (χ1v) is 10.5. The zero-order valence-corrected chi connectivity index (χ0v) is 15.4. The molecule has 1 aliphatic rings. The number of amides is 1. The van der Waals surface area contributed by atoms with Crippen molar-refractivity contribution in [2.24, 2.45) is 5.73 Å². The summed E-state index contributed by atoms with van der Waals surface area (Å²) in [5.41, 5.74) is 6.98. The van der Waals surface area contributed by atoms with E-state index in [9.17, 15) is 13.2 Å². The second-order valence-electron chi connectivity index (χ2n) is 6.86. The van der Waals surface area contributed by atoms with Crippen molar-refractivity contribution in [3.8, 4) is 0 Å². The van der Waals surface area contributed by atoms with Gasteiger partial charge in [-0.25, -0.2) is 8.42 Å². The molecule has 0 unspecified atom stereocenters. The van der Waals surface area contributed by atoms with E-state index in [1.165, 1.54) is 12.1 Å². The van der Waals surface area contributed by atoms with E-state index in [0.29, 0.717) is 5.56 Å². The van der Waals surface area contributed by atoms with Crippen molar-refractivity contribution in [3.05, 3.63) is 65.7 Å². The summed E-state index contributed by atoms with van der Waals surface area (Å²) in [6.07, 6.45) is 3.52. The monoisotopic (exact) mass is 372 g/mol. The maximum atomic E-state index is 12.7. The maximum Gasteiger partial charge on any atom is 0.251 e.